The Morgan fingerprint density at radius 2 is 1.40 bits per heavy atom. The van der Waals surface area contributed by atoms with Gasteiger partial charge in [0.2, 0.25) is 0 Å². The van der Waals surface area contributed by atoms with Crippen molar-refractivity contribution in [1.29, 1.82) is 0 Å². The molecule has 25 heavy (non-hydrogen) atoms. The molecule has 0 amide bonds. The topological polar surface area (TPSA) is 29.1 Å². The van der Waals surface area contributed by atoms with Crippen LogP contribution in [0.4, 0.5) is 0 Å². The van der Waals surface area contributed by atoms with Crippen LogP contribution in [0.5, 0.6) is 0 Å². The zero-order valence-electron chi connectivity index (χ0n) is 14.4. The van der Waals surface area contributed by atoms with E-state index < -0.39 is 10.8 Å². The molecule has 2 atom stereocenters. The zero-order chi connectivity index (χ0) is 17.5. The van der Waals surface area contributed by atoms with Gasteiger partial charge in [-0.2, -0.15) is 0 Å². The molecule has 0 saturated heterocycles. The molecule has 3 aromatic rings. The van der Waals surface area contributed by atoms with Gasteiger partial charge in [0.05, 0.1) is 0 Å². The minimum atomic E-state index is -0.927. The molecule has 0 aliphatic heterocycles. The molecule has 2 nitrogen and oxygen atoms in total. The van der Waals surface area contributed by atoms with Gasteiger partial charge in [0.15, 0.2) is 0 Å². The lowest BCUT2D eigenvalue weighted by molar-refractivity contribution is 0.530. The molecule has 0 bridgehead atoms. The molecular weight excluding hydrogens is 326 g/mol. The van der Waals surface area contributed by atoms with Gasteiger partial charge in [-0.1, -0.05) is 72.8 Å². The predicted molar refractivity (Wildman–Crippen MR) is 105 cm³/mol. The van der Waals surface area contributed by atoms with Crippen molar-refractivity contribution in [2.24, 2.45) is 0 Å². The number of nitrogens with one attached hydrogen (secondary N) is 1. The van der Waals surface area contributed by atoms with Gasteiger partial charge in [0.1, 0.15) is 0 Å². The number of rotatable bonds is 7. The third kappa shape index (κ3) is 5.12. The molecule has 1 N–H and O–H groups in total. The summed E-state index contributed by atoms with van der Waals surface area (Å²) in [6.07, 6.45) is 2.65. The average molecular weight is 349 g/mol. The Bertz CT molecular complexity index is 800. The van der Waals surface area contributed by atoms with Crippen LogP contribution in [0.1, 0.15) is 22.7 Å². The zero-order valence-corrected chi connectivity index (χ0v) is 15.2. The molecule has 3 rings (SSSR count). The van der Waals surface area contributed by atoms with E-state index in [4.69, 9.17) is 0 Å². The lowest BCUT2D eigenvalue weighted by atomic mass is 9.98. The first-order valence-electron chi connectivity index (χ1n) is 8.47. The summed E-state index contributed by atoms with van der Waals surface area (Å²) < 4.78 is 11.5. The van der Waals surface area contributed by atoms with Crippen LogP contribution >= 0.6 is 0 Å². The van der Waals surface area contributed by atoms with Crippen molar-refractivity contribution in [2.75, 3.05) is 6.26 Å². The van der Waals surface area contributed by atoms with E-state index in [0.29, 0.717) is 0 Å². The molecule has 0 fully saturated rings. The van der Waals surface area contributed by atoms with Crippen LogP contribution in [0.25, 0.3) is 0 Å². The van der Waals surface area contributed by atoms with E-state index in [1.165, 1.54) is 16.7 Å². The summed E-state index contributed by atoms with van der Waals surface area (Å²) >= 11 is 0. The first-order valence-corrected chi connectivity index (χ1v) is 10.0. The summed E-state index contributed by atoms with van der Waals surface area (Å²) in [5, 5.41) is 3.67. The summed E-state index contributed by atoms with van der Waals surface area (Å²) in [7, 11) is -0.927. The van der Waals surface area contributed by atoms with Crippen molar-refractivity contribution in [2.45, 2.75) is 23.9 Å². The first-order chi connectivity index (χ1) is 12.2. The highest BCUT2D eigenvalue weighted by Crippen LogP contribution is 2.19. The standard InChI is InChI=1S/C22H23NOS/c1-25(24)21-14-12-19(13-15-21)17-23-22(20-10-6-3-7-11-20)16-18-8-4-2-5-9-18/h2-15,22-23H,16-17H2,1H3. The first kappa shape index (κ1) is 17.6. The second-order valence-corrected chi connectivity index (χ2v) is 7.51. The molecule has 2 unspecified atom stereocenters. The third-order valence-electron chi connectivity index (χ3n) is 4.29. The molecule has 0 aliphatic carbocycles. The molecule has 0 aromatic heterocycles. The molecule has 128 valence electrons. The van der Waals surface area contributed by atoms with E-state index in [2.05, 4.69) is 53.8 Å². The Kier molecular flexibility index (Phi) is 6.15. The van der Waals surface area contributed by atoms with Crippen LogP contribution in [0, 0.1) is 0 Å². The largest absolute Gasteiger partial charge is 0.306 e. The third-order valence-corrected chi connectivity index (χ3v) is 5.23. The highest BCUT2D eigenvalue weighted by molar-refractivity contribution is 7.84. The van der Waals surface area contributed by atoms with Gasteiger partial charge in [0.25, 0.3) is 0 Å². The average Bonchev–Trinajstić information content (AvgIpc) is 2.67. The summed E-state index contributed by atoms with van der Waals surface area (Å²) in [5.41, 5.74) is 3.81. The molecule has 0 aliphatic rings. The second-order valence-electron chi connectivity index (χ2n) is 6.13. The molecule has 3 aromatic carbocycles. The summed E-state index contributed by atoms with van der Waals surface area (Å²) in [5.74, 6) is 0. The van der Waals surface area contributed by atoms with E-state index in [0.717, 1.165) is 17.9 Å². The molecule has 3 heteroatoms. The minimum Gasteiger partial charge on any atom is -0.306 e. The van der Waals surface area contributed by atoms with Crippen LogP contribution in [0.15, 0.2) is 89.8 Å². The van der Waals surface area contributed by atoms with Crippen LogP contribution in [-0.4, -0.2) is 10.5 Å². The Labute approximate surface area is 152 Å². The van der Waals surface area contributed by atoms with Crippen molar-refractivity contribution in [1.82, 2.24) is 5.32 Å². The minimum absolute atomic E-state index is 0.253. The van der Waals surface area contributed by atoms with E-state index in [1.54, 1.807) is 6.26 Å². The highest BCUT2D eigenvalue weighted by Gasteiger charge is 2.11. The highest BCUT2D eigenvalue weighted by atomic mass is 32.2. The fraction of sp³-hybridized carbons (Fsp3) is 0.182. The van der Waals surface area contributed by atoms with Crippen molar-refractivity contribution in [3.63, 3.8) is 0 Å². The Balaban J connectivity index is 1.72. The number of benzene rings is 3. The number of hydrogen-bond donors (Lipinski definition) is 1. The molecular formula is C22H23NOS. The van der Waals surface area contributed by atoms with Crippen molar-refractivity contribution in [3.8, 4) is 0 Å². The Hall–Kier alpha value is -2.23. The van der Waals surface area contributed by atoms with E-state index in [1.807, 2.05) is 36.4 Å². The molecule has 0 saturated carbocycles. The summed E-state index contributed by atoms with van der Waals surface area (Å²) in [4.78, 5) is 0.868. The van der Waals surface area contributed by atoms with Gasteiger partial charge < -0.3 is 5.32 Å². The van der Waals surface area contributed by atoms with Crippen LogP contribution in [0.2, 0.25) is 0 Å². The van der Waals surface area contributed by atoms with E-state index in [9.17, 15) is 4.21 Å². The van der Waals surface area contributed by atoms with Crippen molar-refractivity contribution in [3.05, 3.63) is 102 Å². The Morgan fingerprint density at radius 1 is 0.800 bits per heavy atom. The maximum Gasteiger partial charge on any atom is 0.0498 e. The lowest BCUT2D eigenvalue weighted by Crippen LogP contribution is -2.23. The smallest absolute Gasteiger partial charge is 0.0498 e. The van der Waals surface area contributed by atoms with Gasteiger partial charge in [-0.15, -0.1) is 0 Å². The maximum absolute atomic E-state index is 11.5. The van der Waals surface area contributed by atoms with E-state index >= 15 is 0 Å². The predicted octanol–water partition coefficient (Wildman–Crippen LogP) is 4.50. The van der Waals surface area contributed by atoms with Gasteiger partial charge in [-0.3, -0.25) is 4.21 Å². The van der Waals surface area contributed by atoms with Gasteiger partial charge in [-0.25, -0.2) is 0 Å². The molecule has 0 spiro atoms. The summed E-state index contributed by atoms with van der Waals surface area (Å²) in [6.45, 7) is 0.781. The van der Waals surface area contributed by atoms with Crippen LogP contribution in [-0.2, 0) is 23.8 Å². The quantitative estimate of drug-likeness (QED) is 0.680. The van der Waals surface area contributed by atoms with Gasteiger partial charge in [-0.05, 0) is 35.2 Å². The van der Waals surface area contributed by atoms with Crippen LogP contribution < -0.4 is 5.32 Å². The lowest BCUT2D eigenvalue weighted by Gasteiger charge is -2.20. The van der Waals surface area contributed by atoms with Gasteiger partial charge in [0, 0.05) is 34.5 Å². The van der Waals surface area contributed by atoms with Crippen molar-refractivity contribution >= 4 is 10.8 Å². The normalized spacial score (nSPS) is 13.3. The molecule has 0 radical (unpaired) electrons. The van der Waals surface area contributed by atoms with Gasteiger partial charge >= 0.3 is 0 Å². The van der Waals surface area contributed by atoms with E-state index in [-0.39, 0.29) is 6.04 Å². The van der Waals surface area contributed by atoms with Crippen LogP contribution in [0.3, 0.4) is 0 Å². The second kappa shape index (κ2) is 8.75. The maximum atomic E-state index is 11.5. The number of hydrogen-bond acceptors (Lipinski definition) is 2. The fourth-order valence-electron chi connectivity index (χ4n) is 2.88. The SMILES string of the molecule is CS(=O)c1ccc(CNC(Cc2ccccc2)c2ccccc2)cc1. The molecule has 0 heterocycles. The monoisotopic (exact) mass is 349 g/mol. The fourth-order valence-corrected chi connectivity index (χ4v) is 3.40. The summed E-state index contributed by atoms with van der Waals surface area (Å²) in [6, 6.07) is 29.4. The van der Waals surface area contributed by atoms with Crippen molar-refractivity contribution < 1.29 is 4.21 Å². The Morgan fingerprint density at radius 3 is 2.00 bits per heavy atom.